The highest BCUT2D eigenvalue weighted by molar-refractivity contribution is 7.99. The third-order valence-corrected chi connectivity index (χ3v) is 3.72. The zero-order chi connectivity index (χ0) is 14.0. The van der Waals surface area contributed by atoms with Gasteiger partial charge in [-0.15, -0.1) is 0 Å². The van der Waals surface area contributed by atoms with Gasteiger partial charge in [0, 0.05) is 14.8 Å². The fraction of sp³-hybridized carbons (Fsp3) is 0. The van der Waals surface area contributed by atoms with Crippen molar-refractivity contribution in [1.82, 2.24) is 0 Å². The molecular weight excluding hydrogens is 284 g/mol. The number of halogens is 1. The van der Waals surface area contributed by atoms with E-state index in [1.54, 1.807) is 11.8 Å². The van der Waals surface area contributed by atoms with Gasteiger partial charge in [-0.1, -0.05) is 78.0 Å². The molecule has 0 saturated carbocycles. The van der Waals surface area contributed by atoms with E-state index in [4.69, 9.17) is 11.6 Å². The van der Waals surface area contributed by atoms with Gasteiger partial charge in [-0.05, 0) is 36.4 Å². The van der Waals surface area contributed by atoms with Crippen LogP contribution >= 0.6 is 23.4 Å². The van der Waals surface area contributed by atoms with Crippen LogP contribution in [0.2, 0.25) is 5.02 Å². The molecule has 3 rings (SSSR count). The normalized spacial score (nSPS) is 9.45. The lowest BCUT2D eigenvalue weighted by Crippen LogP contribution is -1.70. The van der Waals surface area contributed by atoms with Gasteiger partial charge in [-0.3, -0.25) is 0 Å². The minimum absolute atomic E-state index is 0.794. The van der Waals surface area contributed by atoms with Crippen molar-refractivity contribution in [3.63, 3.8) is 0 Å². The van der Waals surface area contributed by atoms with Crippen LogP contribution in [0.1, 0.15) is 0 Å². The second kappa shape index (κ2) is 8.47. The molecule has 0 atom stereocenters. The quantitative estimate of drug-likeness (QED) is 0.544. The molecule has 0 aliphatic heterocycles. The first-order valence-corrected chi connectivity index (χ1v) is 7.52. The summed E-state index contributed by atoms with van der Waals surface area (Å²) in [5, 5.41) is 0.794. The predicted octanol–water partition coefficient (Wildman–Crippen LogP) is 6.18. The van der Waals surface area contributed by atoms with Crippen molar-refractivity contribution in [2.45, 2.75) is 9.79 Å². The van der Waals surface area contributed by atoms with Gasteiger partial charge in [-0.2, -0.15) is 0 Å². The van der Waals surface area contributed by atoms with Crippen molar-refractivity contribution in [3.05, 3.63) is 96.0 Å². The van der Waals surface area contributed by atoms with E-state index in [1.807, 2.05) is 42.5 Å². The van der Waals surface area contributed by atoms with Crippen LogP contribution < -0.4 is 0 Å². The maximum absolute atomic E-state index is 5.54. The lowest BCUT2D eigenvalue weighted by molar-refractivity contribution is 1.41. The third kappa shape index (κ3) is 5.52. The third-order valence-electron chi connectivity index (χ3n) is 2.46. The summed E-state index contributed by atoms with van der Waals surface area (Å²) < 4.78 is 0. The standard InChI is InChI=1S/C12H10S.C6H5Cl/c1-3-7-11(8-4-1)13-12-9-5-2-6-10-12;7-6-4-2-1-3-5-6/h1-10H;1-5H. The fourth-order valence-electron chi connectivity index (χ4n) is 1.53. The smallest absolute Gasteiger partial charge is 0.0405 e. The Morgan fingerprint density at radius 1 is 0.500 bits per heavy atom. The van der Waals surface area contributed by atoms with Crippen molar-refractivity contribution >= 4 is 23.4 Å². The molecule has 0 bridgehead atoms. The monoisotopic (exact) mass is 298 g/mol. The maximum atomic E-state index is 5.54. The number of rotatable bonds is 2. The van der Waals surface area contributed by atoms with Crippen LogP contribution in [0.5, 0.6) is 0 Å². The molecule has 0 N–H and O–H groups in total. The fourth-order valence-corrected chi connectivity index (χ4v) is 2.53. The molecule has 0 heterocycles. The summed E-state index contributed by atoms with van der Waals surface area (Å²) in [5.74, 6) is 0. The second-order valence-corrected chi connectivity index (χ2v) is 5.61. The van der Waals surface area contributed by atoms with E-state index in [0.717, 1.165) is 5.02 Å². The average Bonchev–Trinajstić information content (AvgIpc) is 2.51. The maximum Gasteiger partial charge on any atom is 0.0405 e. The average molecular weight is 299 g/mol. The summed E-state index contributed by atoms with van der Waals surface area (Å²) in [5.41, 5.74) is 0. The minimum atomic E-state index is 0.794. The minimum Gasteiger partial charge on any atom is -0.0901 e. The zero-order valence-electron chi connectivity index (χ0n) is 10.9. The van der Waals surface area contributed by atoms with Gasteiger partial charge in [0.2, 0.25) is 0 Å². The first-order valence-electron chi connectivity index (χ1n) is 6.33. The van der Waals surface area contributed by atoms with Crippen molar-refractivity contribution in [2.75, 3.05) is 0 Å². The molecule has 0 spiro atoms. The Kier molecular flexibility index (Phi) is 6.22. The first-order chi connectivity index (χ1) is 9.84. The van der Waals surface area contributed by atoms with Gasteiger partial charge >= 0.3 is 0 Å². The van der Waals surface area contributed by atoms with Gasteiger partial charge in [0.05, 0.1) is 0 Å². The molecule has 3 aromatic carbocycles. The van der Waals surface area contributed by atoms with Crippen molar-refractivity contribution < 1.29 is 0 Å². The van der Waals surface area contributed by atoms with Crippen molar-refractivity contribution in [2.24, 2.45) is 0 Å². The van der Waals surface area contributed by atoms with Crippen LogP contribution in [-0.2, 0) is 0 Å². The van der Waals surface area contributed by atoms with Gasteiger partial charge in [0.1, 0.15) is 0 Å². The summed E-state index contributed by atoms with van der Waals surface area (Å²) >= 11 is 7.33. The first kappa shape index (κ1) is 14.7. The van der Waals surface area contributed by atoms with Gasteiger partial charge in [0.25, 0.3) is 0 Å². The molecule has 0 aliphatic rings. The van der Waals surface area contributed by atoms with Crippen molar-refractivity contribution in [3.8, 4) is 0 Å². The van der Waals surface area contributed by atoms with Gasteiger partial charge < -0.3 is 0 Å². The highest BCUT2D eigenvalue weighted by Gasteiger charge is 1.93. The Morgan fingerprint density at radius 2 is 0.850 bits per heavy atom. The van der Waals surface area contributed by atoms with Crippen molar-refractivity contribution in [1.29, 1.82) is 0 Å². The van der Waals surface area contributed by atoms with E-state index in [1.165, 1.54) is 9.79 Å². The molecular formula is C18H15ClS. The summed E-state index contributed by atoms with van der Waals surface area (Å²) in [7, 11) is 0. The van der Waals surface area contributed by atoms with Gasteiger partial charge in [-0.25, -0.2) is 0 Å². The highest BCUT2D eigenvalue weighted by atomic mass is 35.5. The predicted molar refractivity (Wildman–Crippen MR) is 88.5 cm³/mol. The molecule has 3 aromatic rings. The molecule has 0 radical (unpaired) electrons. The Hall–Kier alpha value is -1.70. The topological polar surface area (TPSA) is 0 Å². The van der Waals surface area contributed by atoms with Gasteiger partial charge in [0.15, 0.2) is 0 Å². The Labute approximate surface area is 129 Å². The lowest BCUT2D eigenvalue weighted by atomic mass is 10.4. The van der Waals surface area contributed by atoms with E-state index in [-0.39, 0.29) is 0 Å². The summed E-state index contributed by atoms with van der Waals surface area (Å²) in [6, 6.07) is 30.3. The van der Waals surface area contributed by atoms with Crippen LogP contribution in [0, 0.1) is 0 Å². The highest BCUT2D eigenvalue weighted by Crippen LogP contribution is 2.26. The molecule has 0 nitrogen and oxygen atoms in total. The molecule has 100 valence electrons. The van der Waals surface area contributed by atoms with E-state index in [0.29, 0.717) is 0 Å². The molecule has 0 fully saturated rings. The molecule has 2 heteroatoms. The lowest BCUT2D eigenvalue weighted by Gasteiger charge is -1.99. The summed E-state index contributed by atoms with van der Waals surface area (Å²) in [4.78, 5) is 2.57. The summed E-state index contributed by atoms with van der Waals surface area (Å²) in [6.45, 7) is 0. The largest absolute Gasteiger partial charge is 0.0901 e. The number of hydrogen-bond donors (Lipinski definition) is 0. The molecule has 0 aliphatic carbocycles. The zero-order valence-corrected chi connectivity index (χ0v) is 12.5. The molecule has 0 amide bonds. The second-order valence-electron chi connectivity index (χ2n) is 4.02. The molecule has 0 unspecified atom stereocenters. The van der Waals surface area contributed by atoms with Crippen LogP contribution in [-0.4, -0.2) is 0 Å². The van der Waals surface area contributed by atoms with Crippen LogP contribution in [0.25, 0.3) is 0 Å². The Bertz CT molecular complexity index is 557. The van der Waals surface area contributed by atoms with E-state index >= 15 is 0 Å². The molecule has 20 heavy (non-hydrogen) atoms. The molecule has 0 aromatic heterocycles. The van der Waals surface area contributed by atoms with Crippen LogP contribution in [0.4, 0.5) is 0 Å². The molecule has 0 saturated heterocycles. The van der Waals surface area contributed by atoms with Crippen LogP contribution in [0.15, 0.2) is 101 Å². The number of hydrogen-bond acceptors (Lipinski definition) is 1. The SMILES string of the molecule is Clc1ccccc1.c1ccc(Sc2ccccc2)cc1. The summed E-state index contributed by atoms with van der Waals surface area (Å²) in [6.07, 6.45) is 0. The Balaban J connectivity index is 0.000000178. The van der Waals surface area contributed by atoms with E-state index in [9.17, 15) is 0 Å². The van der Waals surface area contributed by atoms with E-state index in [2.05, 4.69) is 48.5 Å². The number of benzene rings is 3. The van der Waals surface area contributed by atoms with Crippen LogP contribution in [0.3, 0.4) is 0 Å². The van der Waals surface area contributed by atoms with E-state index < -0.39 is 0 Å². The Morgan fingerprint density at radius 3 is 1.15 bits per heavy atom.